The molecule has 29 heavy (non-hydrogen) atoms. The first-order valence-electron chi connectivity index (χ1n) is 9.87. The second kappa shape index (κ2) is 7.84. The molecule has 2 aromatic heterocycles. The molecular weight excluding hydrogens is 396 g/mol. The fourth-order valence-electron chi connectivity index (χ4n) is 3.93. The first kappa shape index (κ1) is 18.7. The number of nitrogens with zero attached hydrogens (tertiary/aromatic N) is 2. The number of ether oxygens (including phenoxy) is 2. The molecule has 1 saturated heterocycles. The largest absolute Gasteiger partial charge is 0.474 e. The summed E-state index contributed by atoms with van der Waals surface area (Å²) in [7, 11) is 0. The van der Waals surface area contributed by atoms with Gasteiger partial charge < -0.3 is 14.8 Å². The third-order valence-corrected chi connectivity index (χ3v) is 6.59. The van der Waals surface area contributed by atoms with Crippen LogP contribution in [0.2, 0.25) is 0 Å². The molecule has 1 saturated carbocycles. The molecule has 1 aliphatic heterocycles. The van der Waals surface area contributed by atoms with Crippen LogP contribution in [0.15, 0.2) is 30.5 Å². The summed E-state index contributed by atoms with van der Waals surface area (Å²) in [5.41, 5.74) is 1.51. The predicted octanol–water partition coefficient (Wildman–Crippen LogP) is 4.89. The lowest BCUT2D eigenvalue weighted by atomic mass is 9.89. The van der Waals surface area contributed by atoms with Gasteiger partial charge in [0.05, 0.1) is 16.4 Å². The lowest BCUT2D eigenvalue weighted by Gasteiger charge is -2.36. The van der Waals surface area contributed by atoms with E-state index in [4.69, 9.17) is 9.47 Å². The van der Waals surface area contributed by atoms with Crippen molar-refractivity contribution in [3.05, 3.63) is 47.7 Å². The van der Waals surface area contributed by atoms with Crippen molar-refractivity contribution in [1.29, 1.82) is 0 Å². The van der Waals surface area contributed by atoms with Crippen LogP contribution in [-0.4, -0.2) is 35.3 Å². The Morgan fingerprint density at radius 2 is 2.00 bits per heavy atom. The van der Waals surface area contributed by atoms with Gasteiger partial charge in [-0.3, -0.25) is 0 Å². The molecule has 1 N–H and O–H groups in total. The Morgan fingerprint density at radius 3 is 2.79 bits per heavy atom. The Kier molecular flexibility index (Phi) is 5.05. The molecule has 5 rings (SSSR count). The number of anilines is 1. The number of aromatic nitrogens is 2. The van der Waals surface area contributed by atoms with E-state index < -0.39 is 0 Å². The highest BCUT2D eigenvalue weighted by atomic mass is 32.1. The van der Waals surface area contributed by atoms with E-state index in [0.29, 0.717) is 29.3 Å². The van der Waals surface area contributed by atoms with Crippen LogP contribution in [0.5, 0.6) is 5.88 Å². The second-order valence-electron chi connectivity index (χ2n) is 7.59. The van der Waals surface area contributed by atoms with Crippen molar-refractivity contribution in [3.63, 3.8) is 0 Å². The maximum atomic E-state index is 13.8. The maximum absolute atomic E-state index is 13.8. The lowest BCUT2D eigenvalue weighted by Crippen LogP contribution is -2.42. The maximum Gasteiger partial charge on any atom is 0.217 e. The molecule has 0 radical (unpaired) electrons. The predicted molar refractivity (Wildman–Crippen MR) is 108 cm³/mol. The highest BCUT2D eigenvalue weighted by Gasteiger charge is 2.33. The molecule has 0 bridgehead atoms. The third-order valence-electron chi connectivity index (χ3n) is 5.57. The molecule has 0 spiro atoms. The Morgan fingerprint density at radius 1 is 1.17 bits per heavy atom. The van der Waals surface area contributed by atoms with E-state index in [-0.39, 0.29) is 29.7 Å². The van der Waals surface area contributed by atoms with E-state index in [1.165, 1.54) is 23.6 Å². The van der Waals surface area contributed by atoms with Gasteiger partial charge in [0.2, 0.25) is 5.88 Å². The summed E-state index contributed by atoms with van der Waals surface area (Å²) in [5, 5.41) is 4.08. The molecule has 3 heterocycles. The average molecular weight is 417 g/mol. The van der Waals surface area contributed by atoms with Crippen LogP contribution in [0, 0.1) is 11.6 Å². The monoisotopic (exact) mass is 417 g/mol. The van der Waals surface area contributed by atoms with Crippen molar-refractivity contribution in [3.8, 4) is 5.88 Å². The van der Waals surface area contributed by atoms with E-state index >= 15 is 0 Å². The minimum absolute atomic E-state index is 0.0233. The summed E-state index contributed by atoms with van der Waals surface area (Å²) >= 11 is 1.33. The number of hydrogen-bond acceptors (Lipinski definition) is 6. The number of hydrogen-bond donors (Lipinski definition) is 1. The molecule has 152 valence electrons. The highest BCUT2D eigenvalue weighted by Crippen LogP contribution is 2.36. The summed E-state index contributed by atoms with van der Waals surface area (Å²) in [6, 6.07) is 6.69. The van der Waals surface area contributed by atoms with Gasteiger partial charge in [-0.25, -0.2) is 18.7 Å². The van der Waals surface area contributed by atoms with Crippen molar-refractivity contribution < 1.29 is 18.3 Å². The third kappa shape index (κ3) is 3.91. The summed E-state index contributed by atoms with van der Waals surface area (Å²) in [4.78, 5) is 8.66. The van der Waals surface area contributed by atoms with E-state index in [2.05, 4.69) is 15.3 Å². The topological polar surface area (TPSA) is 56.3 Å². The van der Waals surface area contributed by atoms with Gasteiger partial charge in [0.1, 0.15) is 17.7 Å². The zero-order chi connectivity index (χ0) is 19.8. The second-order valence-corrected chi connectivity index (χ2v) is 8.59. The van der Waals surface area contributed by atoms with Gasteiger partial charge in [-0.15, -0.1) is 0 Å². The number of thiazole rings is 1. The Hall–Kier alpha value is -2.32. The standard InChI is InChI=1S/C21H21F2N3O2S/c22-13-8-16(12-4-6-27-7-5-12)20(24-11-13)28-15-9-14(10-15)25-21-26-18-3-1-2-17(23)19(18)29-21/h1-3,8,11-12,14-15H,4-7,9-10H2,(H,25,26)/t14-,15+. The molecular formula is C21H21F2N3O2S. The quantitative estimate of drug-likeness (QED) is 0.641. The minimum Gasteiger partial charge on any atom is -0.474 e. The van der Waals surface area contributed by atoms with Crippen LogP contribution in [0.3, 0.4) is 0 Å². The van der Waals surface area contributed by atoms with Crippen molar-refractivity contribution in [1.82, 2.24) is 9.97 Å². The van der Waals surface area contributed by atoms with Crippen LogP contribution in [0.1, 0.15) is 37.2 Å². The van der Waals surface area contributed by atoms with Crippen LogP contribution in [0.4, 0.5) is 13.9 Å². The van der Waals surface area contributed by atoms with Gasteiger partial charge >= 0.3 is 0 Å². The van der Waals surface area contributed by atoms with Crippen molar-refractivity contribution in [2.24, 2.45) is 0 Å². The first-order chi connectivity index (χ1) is 14.2. The van der Waals surface area contributed by atoms with Crippen molar-refractivity contribution >= 4 is 26.7 Å². The van der Waals surface area contributed by atoms with E-state index in [9.17, 15) is 8.78 Å². The molecule has 2 aliphatic rings. The summed E-state index contributed by atoms with van der Waals surface area (Å²) < 4.78 is 39.7. The number of rotatable bonds is 5. The Balaban J connectivity index is 1.22. The summed E-state index contributed by atoms with van der Waals surface area (Å²) in [6.45, 7) is 1.36. The first-order valence-corrected chi connectivity index (χ1v) is 10.7. The smallest absolute Gasteiger partial charge is 0.217 e. The van der Waals surface area contributed by atoms with Gasteiger partial charge in [0.25, 0.3) is 0 Å². The fourth-order valence-corrected chi connectivity index (χ4v) is 4.88. The summed E-state index contributed by atoms with van der Waals surface area (Å²) in [6.07, 6.45) is 4.53. The van der Waals surface area contributed by atoms with Crippen molar-refractivity contribution in [2.75, 3.05) is 18.5 Å². The molecule has 8 heteroatoms. The van der Waals surface area contributed by atoms with Gasteiger partial charge in [-0.1, -0.05) is 17.4 Å². The van der Waals surface area contributed by atoms with Gasteiger partial charge in [0, 0.05) is 37.7 Å². The SMILES string of the molecule is Fc1cnc(O[C@H]2C[C@@H](Nc3nc4cccc(F)c4s3)C2)c(C2CCOCC2)c1. The van der Waals surface area contributed by atoms with Gasteiger partial charge in [0.15, 0.2) is 5.13 Å². The van der Waals surface area contributed by atoms with Crippen LogP contribution in [-0.2, 0) is 4.74 Å². The van der Waals surface area contributed by atoms with E-state index in [0.717, 1.165) is 36.4 Å². The van der Waals surface area contributed by atoms with Gasteiger partial charge in [-0.05, 0) is 37.0 Å². The average Bonchev–Trinajstić information content (AvgIpc) is 3.12. The molecule has 0 unspecified atom stereocenters. The number of nitrogens with one attached hydrogen (secondary N) is 1. The van der Waals surface area contributed by atoms with Crippen LogP contribution >= 0.6 is 11.3 Å². The number of halogens is 2. The highest BCUT2D eigenvalue weighted by molar-refractivity contribution is 7.22. The Labute approximate surface area is 171 Å². The molecule has 3 aromatic rings. The molecule has 1 aliphatic carbocycles. The molecule has 0 atom stereocenters. The number of pyridine rings is 1. The number of benzene rings is 1. The van der Waals surface area contributed by atoms with Crippen LogP contribution in [0.25, 0.3) is 10.2 Å². The van der Waals surface area contributed by atoms with E-state index in [1.807, 2.05) is 6.07 Å². The Bertz CT molecular complexity index is 1020. The molecule has 1 aromatic carbocycles. The van der Waals surface area contributed by atoms with Crippen molar-refractivity contribution in [2.45, 2.75) is 43.7 Å². The van der Waals surface area contributed by atoms with Gasteiger partial charge in [-0.2, -0.15) is 0 Å². The molecule has 2 fully saturated rings. The van der Waals surface area contributed by atoms with Crippen LogP contribution < -0.4 is 10.1 Å². The normalized spacial score (nSPS) is 22.4. The molecule has 5 nitrogen and oxygen atoms in total. The number of fused-ring (bicyclic) bond motifs is 1. The molecule has 0 amide bonds. The lowest BCUT2D eigenvalue weighted by molar-refractivity contribution is 0.0792. The minimum atomic E-state index is -0.338. The zero-order valence-corrected chi connectivity index (χ0v) is 16.6. The zero-order valence-electron chi connectivity index (χ0n) is 15.7. The fraction of sp³-hybridized carbons (Fsp3) is 0.429. The van der Waals surface area contributed by atoms with E-state index in [1.54, 1.807) is 12.1 Å². The summed E-state index contributed by atoms with van der Waals surface area (Å²) in [5.74, 6) is 0.165.